The molecule has 1 amide bonds. The van der Waals surface area contributed by atoms with E-state index in [-0.39, 0.29) is 5.91 Å². The minimum Gasteiger partial charge on any atom is -0.465 e. The van der Waals surface area contributed by atoms with Crippen molar-refractivity contribution in [2.45, 2.75) is 6.92 Å². The average Bonchev–Trinajstić information content (AvgIpc) is 3.08. The number of carbonyl (C=O) groups is 2. The number of aryl methyl sites for hydroxylation is 1. The zero-order chi connectivity index (χ0) is 18.7. The Hall–Kier alpha value is -2.77. The number of aromatic nitrogens is 2. The number of carbonyl (C=O) groups excluding carboxylic acids is 2. The Kier molecular flexibility index (Phi) is 5.29. The number of halogens is 1. The van der Waals surface area contributed by atoms with Crippen LogP contribution in [0.5, 0.6) is 0 Å². The predicted octanol–water partition coefficient (Wildman–Crippen LogP) is 4.21. The van der Waals surface area contributed by atoms with Crippen LogP contribution in [0.25, 0.3) is 11.1 Å². The Bertz CT molecular complexity index is 970. The number of anilines is 1. The Labute approximate surface area is 158 Å². The molecule has 1 N–H and O–H groups in total. The quantitative estimate of drug-likeness (QED) is 0.678. The molecule has 0 saturated heterocycles. The number of pyridine rings is 1. The van der Waals surface area contributed by atoms with Crippen LogP contribution < -0.4 is 5.32 Å². The summed E-state index contributed by atoms with van der Waals surface area (Å²) in [5, 5.41) is 3.21. The molecule has 26 heavy (non-hydrogen) atoms. The van der Waals surface area contributed by atoms with Gasteiger partial charge < -0.3 is 10.1 Å². The number of esters is 1. The van der Waals surface area contributed by atoms with Crippen molar-refractivity contribution in [2.24, 2.45) is 0 Å². The number of nitrogens with zero attached hydrogens (tertiary/aromatic N) is 2. The predicted molar refractivity (Wildman–Crippen MR) is 101 cm³/mol. The van der Waals surface area contributed by atoms with Crippen molar-refractivity contribution in [3.05, 3.63) is 63.2 Å². The third kappa shape index (κ3) is 3.74. The normalized spacial score (nSPS) is 10.4. The molecule has 2 aromatic heterocycles. The summed E-state index contributed by atoms with van der Waals surface area (Å²) >= 11 is 7.51. The van der Waals surface area contributed by atoms with Gasteiger partial charge in [0.15, 0.2) is 0 Å². The molecule has 6 nitrogen and oxygen atoms in total. The van der Waals surface area contributed by atoms with Crippen LogP contribution in [-0.4, -0.2) is 29.0 Å². The van der Waals surface area contributed by atoms with Gasteiger partial charge in [-0.15, -0.1) is 11.3 Å². The van der Waals surface area contributed by atoms with Crippen molar-refractivity contribution in [1.29, 1.82) is 0 Å². The van der Waals surface area contributed by atoms with Crippen molar-refractivity contribution >= 4 is 40.6 Å². The molecule has 0 radical (unpaired) electrons. The molecule has 1 aromatic carbocycles. The Morgan fingerprint density at radius 3 is 2.62 bits per heavy atom. The summed E-state index contributed by atoms with van der Waals surface area (Å²) in [5.41, 5.74) is 4.06. The Balaban J connectivity index is 1.83. The van der Waals surface area contributed by atoms with Gasteiger partial charge in [0.25, 0.3) is 5.91 Å². The monoisotopic (exact) mass is 387 g/mol. The fourth-order valence-electron chi connectivity index (χ4n) is 2.31. The first-order valence-corrected chi connectivity index (χ1v) is 8.81. The second kappa shape index (κ2) is 7.63. The standard InChI is InChI=1S/C18H14ClN3O3S/c1-10-16(26-9-21-10)17(23)22-15-6-4-12(8-20-15)13-7-11(18(24)25-2)3-5-14(13)19/h3-9H,1-2H3,(H,20,22,23). The van der Waals surface area contributed by atoms with E-state index in [0.29, 0.717) is 38.1 Å². The highest BCUT2D eigenvalue weighted by molar-refractivity contribution is 7.12. The van der Waals surface area contributed by atoms with Gasteiger partial charge >= 0.3 is 5.97 Å². The number of ether oxygens (including phenoxy) is 1. The molecule has 3 rings (SSSR count). The molecule has 0 aliphatic rings. The lowest BCUT2D eigenvalue weighted by atomic mass is 10.0. The van der Waals surface area contributed by atoms with Gasteiger partial charge in [-0.3, -0.25) is 4.79 Å². The molecular weight excluding hydrogens is 374 g/mol. The Morgan fingerprint density at radius 1 is 1.19 bits per heavy atom. The maximum atomic E-state index is 12.2. The lowest BCUT2D eigenvalue weighted by Crippen LogP contribution is -2.12. The SMILES string of the molecule is COC(=O)c1ccc(Cl)c(-c2ccc(NC(=O)c3scnc3C)nc2)c1. The van der Waals surface area contributed by atoms with Crippen LogP contribution in [0, 0.1) is 6.92 Å². The van der Waals surface area contributed by atoms with E-state index in [1.807, 2.05) is 0 Å². The van der Waals surface area contributed by atoms with Gasteiger partial charge in [0.2, 0.25) is 0 Å². The number of amides is 1. The fraction of sp³-hybridized carbons (Fsp3) is 0.111. The third-order valence-electron chi connectivity index (χ3n) is 3.66. The second-order valence-electron chi connectivity index (χ2n) is 5.34. The summed E-state index contributed by atoms with van der Waals surface area (Å²) in [6.07, 6.45) is 1.58. The molecule has 0 spiro atoms. The van der Waals surface area contributed by atoms with Crippen molar-refractivity contribution in [2.75, 3.05) is 12.4 Å². The number of hydrogen-bond donors (Lipinski definition) is 1. The summed E-state index contributed by atoms with van der Waals surface area (Å²) in [6.45, 7) is 1.78. The lowest BCUT2D eigenvalue weighted by Gasteiger charge is -2.08. The first kappa shape index (κ1) is 18.0. The van der Waals surface area contributed by atoms with Gasteiger partial charge in [-0.2, -0.15) is 0 Å². The van der Waals surface area contributed by atoms with Crippen LogP contribution in [0.2, 0.25) is 5.02 Å². The largest absolute Gasteiger partial charge is 0.465 e. The molecule has 0 saturated carbocycles. The highest BCUT2D eigenvalue weighted by Gasteiger charge is 2.14. The van der Waals surface area contributed by atoms with Crippen LogP contribution >= 0.6 is 22.9 Å². The highest BCUT2D eigenvalue weighted by atomic mass is 35.5. The van der Waals surface area contributed by atoms with Crippen molar-refractivity contribution in [3.63, 3.8) is 0 Å². The number of thiazole rings is 1. The first-order valence-electron chi connectivity index (χ1n) is 7.55. The fourth-order valence-corrected chi connectivity index (χ4v) is 3.24. The van der Waals surface area contributed by atoms with E-state index in [4.69, 9.17) is 16.3 Å². The highest BCUT2D eigenvalue weighted by Crippen LogP contribution is 2.29. The number of nitrogens with one attached hydrogen (secondary N) is 1. The van der Waals surface area contributed by atoms with Crippen LogP contribution in [0.1, 0.15) is 25.7 Å². The first-order chi connectivity index (χ1) is 12.5. The number of hydrogen-bond acceptors (Lipinski definition) is 6. The maximum Gasteiger partial charge on any atom is 0.337 e. The molecule has 2 heterocycles. The Morgan fingerprint density at radius 2 is 2.00 bits per heavy atom. The van der Waals surface area contributed by atoms with Crippen LogP contribution in [0.4, 0.5) is 5.82 Å². The summed E-state index contributed by atoms with van der Waals surface area (Å²) in [7, 11) is 1.32. The molecule has 0 unspecified atom stereocenters. The molecule has 0 bridgehead atoms. The van der Waals surface area contributed by atoms with E-state index in [1.165, 1.54) is 18.4 Å². The number of rotatable bonds is 4. The zero-order valence-electron chi connectivity index (χ0n) is 13.9. The van der Waals surface area contributed by atoms with Crippen LogP contribution in [0.15, 0.2) is 42.0 Å². The van der Waals surface area contributed by atoms with E-state index >= 15 is 0 Å². The van der Waals surface area contributed by atoms with Gasteiger partial charge in [-0.25, -0.2) is 14.8 Å². The van der Waals surface area contributed by atoms with E-state index < -0.39 is 5.97 Å². The van der Waals surface area contributed by atoms with E-state index in [9.17, 15) is 9.59 Å². The van der Waals surface area contributed by atoms with Crippen LogP contribution in [-0.2, 0) is 4.74 Å². The summed E-state index contributed by atoms with van der Waals surface area (Å²) in [6, 6.07) is 8.31. The van der Waals surface area contributed by atoms with Crippen molar-refractivity contribution in [1.82, 2.24) is 9.97 Å². The van der Waals surface area contributed by atoms with Crippen molar-refractivity contribution in [3.8, 4) is 11.1 Å². The topological polar surface area (TPSA) is 81.2 Å². The summed E-state index contributed by atoms with van der Waals surface area (Å²) in [4.78, 5) is 32.7. The second-order valence-corrected chi connectivity index (χ2v) is 6.60. The molecule has 8 heteroatoms. The molecule has 0 atom stereocenters. The minimum absolute atomic E-state index is 0.254. The van der Waals surface area contributed by atoms with Gasteiger partial charge in [-0.1, -0.05) is 11.6 Å². The molecular formula is C18H14ClN3O3S. The van der Waals surface area contributed by atoms with Crippen molar-refractivity contribution < 1.29 is 14.3 Å². The average molecular weight is 388 g/mol. The third-order valence-corrected chi connectivity index (χ3v) is 4.91. The van der Waals surface area contributed by atoms with E-state index in [1.54, 1.807) is 49.0 Å². The van der Waals surface area contributed by atoms with E-state index in [0.717, 1.165) is 0 Å². The molecule has 0 aliphatic heterocycles. The van der Waals surface area contributed by atoms with Gasteiger partial charge in [0, 0.05) is 22.3 Å². The summed E-state index contributed by atoms with van der Waals surface area (Å²) < 4.78 is 4.73. The summed E-state index contributed by atoms with van der Waals surface area (Å²) in [5.74, 6) is -0.289. The van der Waals surface area contributed by atoms with Gasteiger partial charge in [0.1, 0.15) is 10.7 Å². The number of methoxy groups -OCH3 is 1. The molecule has 0 aliphatic carbocycles. The van der Waals surface area contributed by atoms with Gasteiger partial charge in [0.05, 0.1) is 23.9 Å². The zero-order valence-corrected chi connectivity index (χ0v) is 15.5. The van der Waals surface area contributed by atoms with Crippen LogP contribution in [0.3, 0.4) is 0 Å². The number of benzene rings is 1. The molecule has 132 valence electrons. The molecule has 3 aromatic rings. The maximum absolute atomic E-state index is 12.2. The van der Waals surface area contributed by atoms with Gasteiger partial charge in [-0.05, 0) is 37.3 Å². The molecule has 0 fully saturated rings. The smallest absolute Gasteiger partial charge is 0.337 e. The minimum atomic E-state index is -0.445. The van der Waals surface area contributed by atoms with E-state index in [2.05, 4.69) is 15.3 Å². The lowest BCUT2D eigenvalue weighted by molar-refractivity contribution is 0.0600.